The van der Waals surface area contributed by atoms with Crippen LogP contribution in [0.15, 0.2) is 89.9 Å². The quantitative estimate of drug-likeness (QED) is 0.475. The minimum Gasteiger partial charge on any atom is -0.477 e. The van der Waals surface area contributed by atoms with E-state index in [-0.39, 0.29) is 12.2 Å². The maximum Gasteiger partial charge on any atom is 0.216 e. The first-order valence-electron chi connectivity index (χ1n) is 11.8. The van der Waals surface area contributed by atoms with E-state index in [1.807, 2.05) is 0 Å². The van der Waals surface area contributed by atoms with Crippen molar-refractivity contribution in [1.82, 2.24) is 0 Å². The van der Waals surface area contributed by atoms with Gasteiger partial charge in [0.05, 0.1) is 6.54 Å². The Labute approximate surface area is 197 Å². The second-order valence-corrected chi connectivity index (χ2v) is 10.5. The molecule has 4 nitrogen and oxygen atoms in total. The van der Waals surface area contributed by atoms with Crippen LogP contribution in [0.1, 0.15) is 38.4 Å². The molecule has 170 valence electrons. The molecule has 0 N–H and O–H groups in total. The number of hydrogen-bond donors (Lipinski definition) is 0. The molecular formula is C28H30NO3P. The van der Waals surface area contributed by atoms with E-state index in [1.165, 1.54) is 15.9 Å². The van der Waals surface area contributed by atoms with Gasteiger partial charge in [0.15, 0.2) is 11.9 Å². The lowest BCUT2D eigenvalue weighted by atomic mass is 10.0. The van der Waals surface area contributed by atoms with Crippen LogP contribution in [0, 0.1) is 0 Å². The summed E-state index contributed by atoms with van der Waals surface area (Å²) in [7, 11) is -0.770. The van der Waals surface area contributed by atoms with Gasteiger partial charge in [-0.05, 0) is 42.2 Å². The Morgan fingerprint density at radius 2 is 1.36 bits per heavy atom. The first-order valence-corrected chi connectivity index (χ1v) is 13.1. The molecule has 2 heterocycles. The second-order valence-electron chi connectivity index (χ2n) is 8.33. The molecule has 0 unspecified atom stereocenters. The Kier molecular flexibility index (Phi) is 6.59. The van der Waals surface area contributed by atoms with Gasteiger partial charge in [-0.25, -0.2) is 4.99 Å². The van der Waals surface area contributed by atoms with E-state index in [4.69, 9.17) is 14.2 Å². The monoisotopic (exact) mass is 459 g/mol. The Bertz CT molecular complexity index is 1060. The highest BCUT2D eigenvalue weighted by atomic mass is 31.1. The van der Waals surface area contributed by atoms with Gasteiger partial charge in [-0.1, -0.05) is 98.8 Å². The van der Waals surface area contributed by atoms with E-state index in [2.05, 4.69) is 104 Å². The first kappa shape index (κ1) is 22.3. The van der Waals surface area contributed by atoms with Gasteiger partial charge in [0.2, 0.25) is 5.90 Å². The third-order valence-electron chi connectivity index (χ3n) is 6.40. The van der Waals surface area contributed by atoms with Crippen molar-refractivity contribution in [2.75, 3.05) is 13.2 Å². The molecule has 33 heavy (non-hydrogen) atoms. The van der Waals surface area contributed by atoms with Crippen LogP contribution in [0.4, 0.5) is 0 Å². The molecule has 2 atom stereocenters. The summed E-state index contributed by atoms with van der Waals surface area (Å²) in [6.07, 6.45) is 0.947. The average Bonchev–Trinajstić information content (AvgIpc) is 3.55. The van der Waals surface area contributed by atoms with Gasteiger partial charge in [0.1, 0.15) is 12.7 Å². The molecule has 3 aromatic rings. The van der Waals surface area contributed by atoms with Crippen molar-refractivity contribution in [3.05, 3.63) is 90.5 Å². The molecule has 0 spiro atoms. The van der Waals surface area contributed by atoms with Crippen LogP contribution < -0.4 is 15.9 Å². The number of hydrogen-bond acceptors (Lipinski definition) is 4. The predicted octanol–water partition coefficient (Wildman–Crippen LogP) is 4.85. The largest absolute Gasteiger partial charge is 0.477 e. The predicted molar refractivity (Wildman–Crippen MR) is 135 cm³/mol. The van der Waals surface area contributed by atoms with Crippen LogP contribution >= 0.6 is 7.92 Å². The molecule has 2 aliphatic rings. The maximum atomic E-state index is 6.75. The molecule has 5 heteroatoms. The molecule has 2 aliphatic heterocycles. The Morgan fingerprint density at radius 1 is 0.788 bits per heavy atom. The third kappa shape index (κ3) is 4.36. The highest BCUT2D eigenvalue weighted by Gasteiger charge is 2.50. The van der Waals surface area contributed by atoms with Crippen molar-refractivity contribution < 1.29 is 14.2 Å². The molecular weight excluding hydrogens is 429 g/mol. The highest BCUT2D eigenvalue weighted by molar-refractivity contribution is 7.79. The lowest BCUT2D eigenvalue weighted by Crippen LogP contribution is -2.32. The van der Waals surface area contributed by atoms with Gasteiger partial charge < -0.3 is 14.2 Å². The normalized spacial score (nSPS) is 21.7. The smallest absolute Gasteiger partial charge is 0.216 e. The van der Waals surface area contributed by atoms with Crippen LogP contribution in [-0.4, -0.2) is 30.9 Å². The van der Waals surface area contributed by atoms with E-state index in [9.17, 15) is 0 Å². The molecule has 0 radical (unpaired) electrons. The number of ether oxygens (including phenoxy) is 3. The summed E-state index contributed by atoms with van der Waals surface area (Å²) in [4.78, 5) is 4.61. The van der Waals surface area contributed by atoms with Crippen molar-refractivity contribution in [1.29, 1.82) is 0 Å². The molecule has 3 aromatic carbocycles. The molecule has 5 rings (SSSR count). The zero-order valence-corrected chi connectivity index (χ0v) is 20.1. The van der Waals surface area contributed by atoms with Crippen molar-refractivity contribution in [3.8, 4) is 0 Å². The number of aliphatic imine (C=N–C) groups is 1. The van der Waals surface area contributed by atoms with Gasteiger partial charge in [-0.2, -0.15) is 0 Å². The molecule has 1 saturated heterocycles. The summed E-state index contributed by atoms with van der Waals surface area (Å²) in [5.74, 6) is 0.0430. The summed E-state index contributed by atoms with van der Waals surface area (Å²) in [5.41, 5.74) is 1.16. The van der Waals surface area contributed by atoms with E-state index >= 15 is 0 Å². The Morgan fingerprint density at radius 3 is 1.94 bits per heavy atom. The van der Waals surface area contributed by atoms with E-state index in [0.29, 0.717) is 19.0 Å². The van der Waals surface area contributed by atoms with Gasteiger partial charge in [0, 0.05) is 0 Å². The van der Waals surface area contributed by atoms with Gasteiger partial charge in [0.25, 0.3) is 0 Å². The van der Waals surface area contributed by atoms with Crippen molar-refractivity contribution >= 4 is 29.7 Å². The van der Waals surface area contributed by atoms with Crippen LogP contribution in [0.5, 0.6) is 0 Å². The van der Waals surface area contributed by atoms with Crippen LogP contribution in [0.25, 0.3) is 0 Å². The van der Waals surface area contributed by atoms with Gasteiger partial charge in [-0.15, -0.1) is 0 Å². The Balaban J connectivity index is 1.64. The van der Waals surface area contributed by atoms with Crippen LogP contribution in [0.3, 0.4) is 0 Å². The summed E-state index contributed by atoms with van der Waals surface area (Å²) < 4.78 is 19.2. The van der Waals surface area contributed by atoms with E-state index in [1.54, 1.807) is 0 Å². The summed E-state index contributed by atoms with van der Waals surface area (Å²) >= 11 is 0. The molecule has 0 bridgehead atoms. The minimum atomic E-state index is -0.770. The summed E-state index contributed by atoms with van der Waals surface area (Å²) in [6, 6.07) is 30.2. The maximum absolute atomic E-state index is 6.75. The Hall–Kier alpha value is -2.52. The number of benzene rings is 3. The standard InChI is InChI=1S/C28H30NO3P/c1-3-28(4-2)31-25(26(32-28)27-29-19-20-30-27)23-17-11-12-18-24(23)33(21-13-7-5-8-14-21)22-15-9-6-10-16-22/h5-18,25-26H,3-4,19-20H2,1-2H3/t25-,26+/m1/s1. The van der Waals surface area contributed by atoms with Gasteiger partial charge >= 0.3 is 0 Å². The SMILES string of the molecule is CCC1(CC)O[C@H](C2=NCCO2)[C@@H](c2ccccc2P(c2ccccc2)c2ccccc2)O1. The van der Waals surface area contributed by atoms with Crippen molar-refractivity contribution in [2.45, 2.75) is 44.7 Å². The van der Waals surface area contributed by atoms with Crippen LogP contribution in [-0.2, 0) is 14.2 Å². The molecule has 0 saturated carbocycles. The molecule has 0 aliphatic carbocycles. The zero-order chi connectivity index (χ0) is 22.7. The minimum absolute atomic E-state index is 0.268. The fraction of sp³-hybridized carbons (Fsp3) is 0.321. The van der Waals surface area contributed by atoms with Crippen molar-refractivity contribution in [3.63, 3.8) is 0 Å². The zero-order valence-electron chi connectivity index (χ0n) is 19.2. The summed E-state index contributed by atoms with van der Waals surface area (Å²) in [6.45, 7) is 5.52. The van der Waals surface area contributed by atoms with Crippen LogP contribution in [0.2, 0.25) is 0 Å². The highest BCUT2D eigenvalue weighted by Crippen LogP contribution is 2.45. The fourth-order valence-corrected chi connectivity index (χ4v) is 7.13. The van der Waals surface area contributed by atoms with E-state index < -0.39 is 13.7 Å². The lowest BCUT2D eigenvalue weighted by molar-refractivity contribution is -0.176. The van der Waals surface area contributed by atoms with Gasteiger partial charge in [-0.3, -0.25) is 0 Å². The second kappa shape index (κ2) is 9.77. The average molecular weight is 460 g/mol. The summed E-state index contributed by atoms with van der Waals surface area (Å²) in [5, 5.41) is 3.91. The number of rotatable bonds is 7. The third-order valence-corrected chi connectivity index (χ3v) is 8.92. The van der Waals surface area contributed by atoms with Crippen molar-refractivity contribution in [2.24, 2.45) is 4.99 Å². The first-order chi connectivity index (χ1) is 16.2. The fourth-order valence-electron chi connectivity index (χ4n) is 4.64. The molecule has 0 aromatic heterocycles. The number of nitrogens with zero attached hydrogens (tertiary/aromatic N) is 1. The molecule has 1 fully saturated rings. The lowest BCUT2D eigenvalue weighted by Gasteiger charge is -2.27. The topological polar surface area (TPSA) is 40.0 Å². The van der Waals surface area contributed by atoms with E-state index in [0.717, 1.165) is 18.4 Å². The molecule has 0 amide bonds.